The quantitative estimate of drug-likeness (QED) is 0.500. The number of aliphatic hydroxyl groups is 2. The molecule has 4 rings (SSSR count). The fourth-order valence-corrected chi connectivity index (χ4v) is 6.72. The highest BCUT2D eigenvalue weighted by Crippen LogP contribution is 2.69. The highest BCUT2D eigenvalue weighted by Gasteiger charge is 2.79. The van der Waals surface area contributed by atoms with Crippen molar-refractivity contribution in [3.63, 3.8) is 0 Å². The second kappa shape index (κ2) is 8.15. The first-order chi connectivity index (χ1) is 15.1. The van der Waals surface area contributed by atoms with Gasteiger partial charge in [0.25, 0.3) is 0 Å². The van der Waals surface area contributed by atoms with Crippen LogP contribution in [0.15, 0.2) is 23.0 Å². The lowest BCUT2D eigenvalue weighted by atomic mass is 9.41. The van der Waals surface area contributed by atoms with Gasteiger partial charge < -0.3 is 28.8 Å². The fourth-order valence-electron chi connectivity index (χ4n) is 6.72. The van der Waals surface area contributed by atoms with E-state index in [4.69, 9.17) is 18.6 Å². The summed E-state index contributed by atoms with van der Waals surface area (Å²) in [6, 6.07) is 1.93. The number of hydrogen-bond acceptors (Lipinski definition) is 8. The zero-order chi connectivity index (χ0) is 23.3. The Morgan fingerprint density at radius 3 is 2.50 bits per heavy atom. The van der Waals surface area contributed by atoms with E-state index in [9.17, 15) is 19.8 Å². The Bertz CT molecular complexity index is 846. The number of rotatable bonds is 6. The number of ether oxygens (including phenoxy) is 3. The zero-order valence-electron chi connectivity index (χ0n) is 19.2. The van der Waals surface area contributed by atoms with Crippen LogP contribution in [0.2, 0.25) is 0 Å². The molecule has 2 N–H and O–H groups in total. The van der Waals surface area contributed by atoms with Crippen molar-refractivity contribution in [2.45, 2.75) is 77.3 Å². The van der Waals surface area contributed by atoms with Gasteiger partial charge in [0.1, 0.15) is 18.3 Å². The number of carbonyl (C=O) groups is 2. The largest absolute Gasteiger partial charge is 0.472 e. The van der Waals surface area contributed by atoms with Crippen molar-refractivity contribution in [3.8, 4) is 0 Å². The number of furan rings is 1. The number of esters is 2. The van der Waals surface area contributed by atoms with E-state index in [2.05, 4.69) is 6.92 Å². The van der Waals surface area contributed by atoms with Gasteiger partial charge in [0.15, 0.2) is 0 Å². The lowest BCUT2D eigenvalue weighted by Gasteiger charge is -2.65. The minimum atomic E-state index is -1.06. The maximum absolute atomic E-state index is 12.1. The molecule has 8 nitrogen and oxygen atoms in total. The average Bonchev–Trinajstić information content (AvgIpc) is 3.37. The van der Waals surface area contributed by atoms with Gasteiger partial charge in [-0.15, -0.1) is 0 Å². The third-order valence-electron chi connectivity index (χ3n) is 8.64. The summed E-state index contributed by atoms with van der Waals surface area (Å²) in [5.74, 6) is -1.32. The van der Waals surface area contributed by atoms with Crippen LogP contribution in [0.1, 0.15) is 52.5 Å². The molecule has 2 heterocycles. The molecule has 0 amide bonds. The smallest absolute Gasteiger partial charge is 0.303 e. The van der Waals surface area contributed by atoms with E-state index >= 15 is 0 Å². The Kier molecular flexibility index (Phi) is 5.92. The SMILES string of the molecule is CC(=O)OC[C@@]12[C@H](CC[C@H](O)[C@]13CO3)[C@](C)(CCc1ccoc1)[C@H](C)[C@@H](O)[C@@H]2OC(C)=O. The van der Waals surface area contributed by atoms with E-state index in [1.807, 2.05) is 13.0 Å². The number of hydrogen-bond donors (Lipinski definition) is 2. The molecule has 0 radical (unpaired) electrons. The predicted molar refractivity (Wildman–Crippen MR) is 112 cm³/mol. The lowest BCUT2D eigenvalue weighted by molar-refractivity contribution is -0.276. The zero-order valence-corrected chi connectivity index (χ0v) is 19.2. The average molecular weight is 451 g/mol. The maximum Gasteiger partial charge on any atom is 0.303 e. The summed E-state index contributed by atoms with van der Waals surface area (Å²) in [6.07, 6.45) is 3.26. The van der Waals surface area contributed by atoms with Crippen molar-refractivity contribution >= 4 is 11.9 Å². The monoisotopic (exact) mass is 450 g/mol. The third kappa shape index (κ3) is 3.38. The van der Waals surface area contributed by atoms with Crippen molar-refractivity contribution in [3.05, 3.63) is 24.2 Å². The molecule has 1 aromatic rings. The predicted octanol–water partition coefficient (Wildman–Crippen LogP) is 2.25. The van der Waals surface area contributed by atoms with Crippen LogP contribution >= 0.6 is 0 Å². The number of aliphatic hydroxyl groups excluding tert-OH is 2. The van der Waals surface area contributed by atoms with Crippen LogP contribution in [-0.4, -0.2) is 59.3 Å². The second-order valence-corrected chi connectivity index (χ2v) is 10.1. The number of fused-ring (bicyclic) bond motifs is 2. The van der Waals surface area contributed by atoms with Crippen LogP contribution in [0.4, 0.5) is 0 Å². The van der Waals surface area contributed by atoms with Crippen molar-refractivity contribution in [2.24, 2.45) is 22.7 Å². The van der Waals surface area contributed by atoms with Crippen LogP contribution in [0.25, 0.3) is 0 Å². The van der Waals surface area contributed by atoms with Crippen molar-refractivity contribution in [1.29, 1.82) is 0 Å². The number of aryl methyl sites for hydroxylation is 1. The van der Waals surface area contributed by atoms with Crippen LogP contribution in [0, 0.1) is 22.7 Å². The Morgan fingerprint density at radius 2 is 1.94 bits per heavy atom. The molecule has 2 saturated carbocycles. The third-order valence-corrected chi connectivity index (χ3v) is 8.64. The van der Waals surface area contributed by atoms with Crippen LogP contribution in [0.3, 0.4) is 0 Å². The molecule has 1 aliphatic heterocycles. The summed E-state index contributed by atoms with van der Waals surface area (Å²) in [6.45, 7) is 6.93. The minimum Gasteiger partial charge on any atom is -0.472 e. The molecule has 0 bridgehead atoms. The number of epoxide rings is 1. The minimum absolute atomic E-state index is 0.0902. The van der Waals surface area contributed by atoms with E-state index < -0.39 is 46.7 Å². The van der Waals surface area contributed by atoms with E-state index in [1.165, 1.54) is 13.8 Å². The molecular weight excluding hydrogens is 416 g/mol. The molecular formula is C24H34O8. The molecule has 178 valence electrons. The highest BCUT2D eigenvalue weighted by atomic mass is 16.6. The van der Waals surface area contributed by atoms with Crippen molar-refractivity contribution < 1.29 is 38.4 Å². The molecule has 3 aliphatic rings. The van der Waals surface area contributed by atoms with Crippen LogP contribution < -0.4 is 0 Å². The summed E-state index contributed by atoms with van der Waals surface area (Å²) >= 11 is 0. The fraction of sp³-hybridized carbons (Fsp3) is 0.750. The Balaban J connectivity index is 1.82. The van der Waals surface area contributed by atoms with E-state index in [-0.39, 0.29) is 25.0 Å². The van der Waals surface area contributed by atoms with E-state index in [1.54, 1.807) is 12.5 Å². The first-order valence-electron chi connectivity index (χ1n) is 11.4. The molecule has 0 unspecified atom stereocenters. The lowest BCUT2D eigenvalue weighted by Crippen LogP contribution is -2.74. The Labute approximate surface area is 188 Å². The van der Waals surface area contributed by atoms with Crippen LogP contribution in [0.5, 0.6) is 0 Å². The standard InChI is InChI=1S/C24H34O8/c1-14-20(28)21(32-16(3)26)23(12-30-15(2)25)18(5-6-19(27)24(23)13-31-24)22(14,4)9-7-17-8-10-29-11-17/h8,10-11,14,18-21,27-28H,5-7,9,12-13H2,1-4H3/t14-,18-,19+,20-,21+,22-,23+,24-/m1/s1. The van der Waals surface area contributed by atoms with Gasteiger partial charge in [-0.2, -0.15) is 0 Å². The summed E-state index contributed by atoms with van der Waals surface area (Å²) in [4.78, 5) is 24.0. The van der Waals surface area contributed by atoms with Crippen molar-refractivity contribution in [2.75, 3.05) is 13.2 Å². The molecule has 3 fully saturated rings. The summed E-state index contributed by atoms with van der Waals surface area (Å²) in [5.41, 5.74) is -1.41. The molecule has 1 aromatic heterocycles. The van der Waals surface area contributed by atoms with Gasteiger partial charge in [0.05, 0.1) is 36.8 Å². The normalized spacial score (nSPS) is 42.9. The van der Waals surface area contributed by atoms with Crippen molar-refractivity contribution in [1.82, 2.24) is 0 Å². The first-order valence-corrected chi connectivity index (χ1v) is 11.4. The summed E-state index contributed by atoms with van der Waals surface area (Å²) < 4.78 is 22.5. The first kappa shape index (κ1) is 23.3. The topological polar surface area (TPSA) is 119 Å². The van der Waals surface area contributed by atoms with Gasteiger partial charge in [-0.3, -0.25) is 9.59 Å². The molecule has 8 heteroatoms. The Morgan fingerprint density at radius 1 is 1.22 bits per heavy atom. The molecule has 8 atom stereocenters. The van der Waals surface area contributed by atoms with Gasteiger partial charge in [0, 0.05) is 13.8 Å². The van der Waals surface area contributed by atoms with E-state index in [0.717, 1.165) is 18.4 Å². The van der Waals surface area contributed by atoms with E-state index in [0.29, 0.717) is 12.8 Å². The molecule has 1 spiro atoms. The van der Waals surface area contributed by atoms with Gasteiger partial charge in [0.2, 0.25) is 0 Å². The van der Waals surface area contributed by atoms with Crippen LogP contribution in [-0.2, 0) is 30.2 Å². The molecule has 2 aliphatic carbocycles. The second-order valence-electron chi connectivity index (χ2n) is 10.1. The number of carbonyl (C=O) groups excluding carboxylic acids is 2. The Hall–Kier alpha value is -1.90. The molecule has 1 saturated heterocycles. The van der Waals surface area contributed by atoms with Gasteiger partial charge >= 0.3 is 11.9 Å². The summed E-state index contributed by atoms with van der Waals surface area (Å²) in [5, 5.41) is 22.5. The summed E-state index contributed by atoms with van der Waals surface area (Å²) in [7, 11) is 0. The molecule has 32 heavy (non-hydrogen) atoms. The van der Waals surface area contributed by atoms with Gasteiger partial charge in [-0.05, 0) is 54.6 Å². The highest BCUT2D eigenvalue weighted by molar-refractivity contribution is 5.67. The molecule has 0 aromatic carbocycles. The van der Waals surface area contributed by atoms with Gasteiger partial charge in [-0.1, -0.05) is 13.8 Å². The van der Waals surface area contributed by atoms with Gasteiger partial charge in [-0.25, -0.2) is 0 Å². The maximum atomic E-state index is 12.1.